The molecule has 0 saturated carbocycles. The third-order valence-electron chi connectivity index (χ3n) is 5.22. The molecule has 1 aliphatic rings. The molecule has 3 aromatic rings. The molecule has 10 nitrogen and oxygen atoms in total. The Morgan fingerprint density at radius 2 is 1.81 bits per heavy atom. The summed E-state index contributed by atoms with van der Waals surface area (Å²) in [5, 5.41) is 13.5. The molecule has 0 unspecified atom stereocenters. The molecule has 4 rings (SSSR count). The summed E-state index contributed by atoms with van der Waals surface area (Å²) in [6, 6.07) is 15.8. The van der Waals surface area contributed by atoms with Crippen LogP contribution in [-0.2, 0) is 16.2 Å². The number of urea groups is 1. The Bertz CT molecular complexity index is 1400. The van der Waals surface area contributed by atoms with Gasteiger partial charge < -0.3 is 9.47 Å². The van der Waals surface area contributed by atoms with Gasteiger partial charge >= 0.3 is 6.03 Å². The van der Waals surface area contributed by atoms with Crippen molar-refractivity contribution >= 4 is 46.9 Å². The van der Waals surface area contributed by atoms with Gasteiger partial charge in [0.2, 0.25) is 0 Å². The number of benzene rings is 3. The van der Waals surface area contributed by atoms with Crippen molar-refractivity contribution in [2.75, 3.05) is 12.0 Å². The maximum absolute atomic E-state index is 13.2. The van der Waals surface area contributed by atoms with Gasteiger partial charge in [-0.05, 0) is 54.1 Å². The number of nitrogens with zero attached hydrogens (tertiary/aromatic N) is 2. The fraction of sp³-hybridized carbons (Fsp3) is 0.0800. The molecule has 1 saturated heterocycles. The van der Waals surface area contributed by atoms with E-state index in [4.69, 9.17) is 21.1 Å². The molecule has 1 aliphatic heterocycles. The zero-order chi connectivity index (χ0) is 25.8. The van der Waals surface area contributed by atoms with E-state index >= 15 is 0 Å². The van der Waals surface area contributed by atoms with Crippen molar-refractivity contribution in [1.82, 2.24) is 5.32 Å². The number of nitro benzene ring substituents is 1. The van der Waals surface area contributed by atoms with Crippen molar-refractivity contribution in [2.24, 2.45) is 0 Å². The molecule has 182 valence electrons. The number of ether oxygens (including phenoxy) is 2. The standard InChI is InChI=1S/C25H18ClN3O7/c1-35-20-8-6-18(7-9-20)28-24(31)21(23(30)27-25(28)32)13-16-12-17(26)5-10-22(16)36-14-15-3-2-4-19(11-15)29(33)34/h2-13H,14H2,1H3,(H,27,30,32)/b21-13+. The Kier molecular flexibility index (Phi) is 6.98. The smallest absolute Gasteiger partial charge is 0.335 e. The third-order valence-corrected chi connectivity index (χ3v) is 5.45. The maximum atomic E-state index is 13.2. The normalized spacial score (nSPS) is 14.6. The number of rotatable bonds is 7. The van der Waals surface area contributed by atoms with Crippen molar-refractivity contribution in [2.45, 2.75) is 6.61 Å². The molecule has 3 aromatic carbocycles. The number of imide groups is 2. The van der Waals surface area contributed by atoms with Crippen LogP contribution >= 0.6 is 11.6 Å². The fourth-order valence-corrected chi connectivity index (χ4v) is 3.64. The number of carbonyl (C=O) groups excluding carboxylic acids is 3. The average Bonchev–Trinajstić information content (AvgIpc) is 2.86. The maximum Gasteiger partial charge on any atom is 0.335 e. The van der Waals surface area contributed by atoms with Gasteiger partial charge in [-0.15, -0.1) is 0 Å². The minimum absolute atomic E-state index is 0.0178. The molecule has 0 radical (unpaired) electrons. The lowest BCUT2D eigenvalue weighted by atomic mass is 10.1. The number of hydrogen-bond acceptors (Lipinski definition) is 7. The quantitative estimate of drug-likeness (QED) is 0.216. The third kappa shape index (κ3) is 5.18. The van der Waals surface area contributed by atoms with Crippen LogP contribution in [0.1, 0.15) is 11.1 Å². The van der Waals surface area contributed by atoms with Crippen LogP contribution in [0.2, 0.25) is 5.02 Å². The average molecular weight is 508 g/mol. The van der Waals surface area contributed by atoms with E-state index in [-0.39, 0.29) is 29.3 Å². The van der Waals surface area contributed by atoms with Crippen LogP contribution in [0.25, 0.3) is 6.08 Å². The van der Waals surface area contributed by atoms with Crippen molar-refractivity contribution in [3.63, 3.8) is 0 Å². The number of amides is 4. The minimum Gasteiger partial charge on any atom is -0.497 e. The molecule has 0 atom stereocenters. The highest BCUT2D eigenvalue weighted by molar-refractivity contribution is 6.39. The summed E-state index contributed by atoms with van der Waals surface area (Å²) >= 11 is 6.13. The Morgan fingerprint density at radius 1 is 1.06 bits per heavy atom. The fourth-order valence-electron chi connectivity index (χ4n) is 3.46. The van der Waals surface area contributed by atoms with Gasteiger partial charge in [-0.1, -0.05) is 23.7 Å². The molecule has 1 N–H and O–H groups in total. The van der Waals surface area contributed by atoms with E-state index in [0.717, 1.165) is 4.90 Å². The second kappa shape index (κ2) is 10.3. The van der Waals surface area contributed by atoms with Gasteiger partial charge in [-0.2, -0.15) is 0 Å². The Hall–Kier alpha value is -4.70. The van der Waals surface area contributed by atoms with Crippen LogP contribution in [0.4, 0.5) is 16.2 Å². The Labute approximate surface area is 209 Å². The number of halogens is 1. The molecule has 0 aromatic heterocycles. The zero-order valence-electron chi connectivity index (χ0n) is 18.8. The summed E-state index contributed by atoms with van der Waals surface area (Å²) in [7, 11) is 1.48. The molecule has 11 heteroatoms. The summed E-state index contributed by atoms with van der Waals surface area (Å²) < 4.78 is 10.9. The first-order valence-corrected chi connectivity index (χ1v) is 10.9. The molecule has 36 heavy (non-hydrogen) atoms. The Morgan fingerprint density at radius 3 is 2.50 bits per heavy atom. The lowest BCUT2D eigenvalue weighted by Crippen LogP contribution is -2.54. The highest BCUT2D eigenvalue weighted by Gasteiger charge is 2.37. The van der Waals surface area contributed by atoms with Gasteiger partial charge in [0.15, 0.2) is 0 Å². The topological polar surface area (TPSA) is 128 Å². The van der Waals surface area contributed by atoms with Crippen LogP contribution in [0, 0.1) is 10.1 Å². The predicted molar refractivity (Wildman–Crippen MR) is 131 cm³/mol. The van der Waals surface area contributed by atoms with E-state index in [1.807, 2.05) is 0 Å². The van der Waals surface area contributed by atoms with Crippen molar-refractivity contribution in [1.29, 1.82) is 0 Å². The second-order valence-corrected chi connectivity index (χ2v) is 7.99. The largest absolute Gasteiger partial charge is 0.497 e. The summed E-state index contributed by atoms with van der Waals surface area (Å²) in [5.74, 6) is -0.912. The SMILES string of the molecule is COc1ccc(N2C(=O)NC(=O)/C(=C\c3cc(Cl)ccc3OCc3cccc([N+](=O)[O-])c3)C2=O)cc1. The van der Waals surface area contributed by atoms with Crippen molar-refractivity contribution in [3.8, 4) is 11.5 Å². The van der Waals surface area contributed by atoms with Crippen LogP contribution in [-0.4, -0.2) is 29.9 Å². The number of anilines is 1. The van der Waals surface area contributed by atoms with Gasteiger partial charge in [-0.3, -0.25) is 25.0 Å². The lowest BCUT2D eigenvalue weighted by Gasteiger charge is -2.26. The minimum atomic E-state index is -0.888. The lowest BCUT2D eigenvalue weighted by molar-refractivity contribution is -0.384. The van der Waals surface area contributed by atoms with E-state index in [9.17, 15) is 24.5 Å². The van der Waals surface area contributed by atoms with Crippen LogP contribution < -0.4 is 19.7 Å². The summed E-state index contributed by atoms with van der Waals surface area (Å²) in [6.45, 7) is -0.0178. The first-order chi connectivity index (χ1) is 17.3. The number of nitrogens with one attached hydrogen (secondary N) is 1. The molecule has 1 heterocycles. The molecular formula is C25H18ClN3O7. The van der Waals surface area contributed by atoms with Crippen LogP contribution in [0.5, 0.6) is 11.5 Å². The number of hydrogen-bond donors (Lipinski definition) is 1. The van der Waals surface area contributed by atoms with Crippen LogP contribution in [0.15, 0.2) is 72.3 Å². The summed E-state index contributed by atoms with van der Waals surface area (Å²) in [6.07, 6.45) is 1.27. The molecule has 1 fully saturated rings. The molecule has 4 amide bonds. The van der Waals surface area contributed by atoms with Gasteiger partial charge in [0.05, 0.1) is 17.7 Å². The highest BCUT2D eigenvalue weighted by Crippen LogP contribution is 2.29. The van der Waals surface area contributed by atoms with E-state index in [1.54, 1.807) is 30.3 Å². The number of non-ortho nitro benzene ring substituents is 1. The predicted octanol–water partition coefficient (Wildman–Crippen LogP) is 4.50. The summed E-state index contributed by atoms with van der Waals surface area (Å²) in [4.78, 5) is 49.6. The molecular weight excluding hydrogens is 490 g/mol. The van der Waals surface area contributed by atoms with Crippen LogP contribution in [0.3, 0.4) is 0 Å². The molecule has 0 bridgehead atoms. The number of carbonyl (C=O) groups is 3. The molecule has 0 spiro atoms. The first kappa shape index (κ1) is 24.4. The van der Waals surface area contributed by atoms with Gasteiger partial charge in [0.1, 0.15) is 23.7 Å². The monoisotopic (exact) mass is 507 g/mol. The molecule has 0 aliphatic carbocycles. The summed E-state index contributed by atoms with van der Waals surface area (Å²) in [5.41, 5.74) is 0.691. The van der Waals surface area contributed by atoms with Gasteiger partial charge in [-0.25, -0.2) is 9.69 Å². The van der Waals surface area contributed by atoms with E-state index < -0.39 is 22.8 Å². The van der Waals surface area contributed by atoms with Gasteiger partial charge in [0, 0.05) is 22.7 Å². The number of methoxy groups -OCH3 is 1. The number of nitro groups is 1. The zero-order valence-corrected chi connectivity index (χ0v) is 19.5. The second-order valence-electron chi connectivity index (χ2n) is 7.55. The Balaban J connectivity index is 1.65. The van der Waals surface area contributed by atoms with E-state index in [0.29, 0.717) is 21.9 Å². The van der Waals surface area contributed by atoms with Crippen molar-refractivity contribution < 1.29 is 28.8 Å². The van der Waals surface area contributed by atoms with E-state index in [2.05, 4.69) is 5.32 Å². The number of barbiturate groups is 1. The highest BCUT2D eigenvalue weighted by atomic mass is 35.5. The van der Waals surface area contributed by atoms with Gasteiger partial charge in [0.25, 0.3) is 17.5 Å². The first-order valence-electron chi connectivity index (χ1n) is 10.5. The van der Waals surface area contributed by atoms with Crippen molar-refractivity contribution in [3.05, 3.63) is 98.6 Å². The van der Waals surface area contributed by atoms with E-state index in [1.165, 1.54) is 49.6 Å².